The molecule has 1 saturated carbocycles. The number of hydrogen-bond acceptors (Lipinski definition) is 2. The van der Waals surface area contributed by atoms with E-state index in [2.05, 4.69) is 10.2 Å². The van der Waals surface area contributed by atoms with Crippen LogP contribution in [0.5, 0.6) is 0 Å². The van der Waals surface area contributed by atoms with Crippen molar-refractivity contribution in [3.63, 3.8) is 0 Å². The Morgan fingerprint density at radius 2 is 1.96 bits per heavy atom. The van der Waals surface area contributed by atoms with Gasteiger partial charge in [0.2, 0.25) is 5.91 Å². The van der Waals surface area contributed by atoms with Gasteiger partial charge in [0.25, 0.3) is 0 Å². The van der Waals surface area contributed by atoms with Crippen molar-refractivity contribution in [3.8, 4) is 0 Å². The number of amides is 1. The van der Waals surface area contributed by atoms with Crippen molar-refractivity contribution in [1.82, 2.24) is 10.2 Å². The third kappa shape index (κ3) is 3.52. The Hall–Kier alpha value is -1.56. The Morgan fingerprint density at radius 3 is 2.48 bits per heavy atom. The molecule has 1 amide bonds. The van der Waals surface area contributed by atoms with Crippen molar-refractivity contribution in [3.05, 3.63) is 35.4 Å². The molecule has 1 aromatic carbocycles. The van der Waals surface area contributed by atoms with E-state index in [9.17, 15) is 18.0 Å². The number of carbonyl (C=O) groups is 1. The first-order chi connectivity index (χ1) is 10.8. The predicted molar refractivity (Wildman–Crippen MR) is 81.0 cm³/mol. The second-order valence-electron chi connectivity index (χ2n) is 6.71. The summed E-state index contributed by atoms with van der Waals surface area (Å²) in [6.07, 6.45) is -1.45. The van der Waals surface area contributed by atoms with Crippen LogP contribution in [0.2, 0.25) is 0 Å². The number of nitrogens with zero attached hydrogens (tertiary/aromatic N) is 1. The number of alkyl halides is 3. The molecule has 1 aliphatic heterocycles. The predicted octanol–water partition coefficient (Wildman–Crippen LogP) is 3.16. The van der Waals surface area contributed by atoms with Gasteiger partial charge in [-0.25, -0.2) is 0 Å². The van der Waals surface area contributed by atoms with Crippen LogP contribution in [0.25, 0.3) is 0 Å². The highest BCUT2D eigenvalue weighted by Crippen LogP contribution is 2.39. The Labute approximate surface area is 133 Å². The van der Waals surface area contributed by atoms with Crippen LogP contribution in [0.3, 0.4) is 0 Å². The molecule has 23 heavy (non-hydrogen) atoms. The number of carbonyl (C=O) groups excluding carboxylic acids is 1. The highest BCUT2D eigenvalue weighted by Gasteiger charge is 2.47. The van der Waals surface area contributed by atoms with Gasteiger partial charge < -0.3 is 10.2 Å². The summed E-state index contributed by atoms with van der Waals surface area (Å²) in [5.74, 6) is -1.14. The monoisotopic (exact) mass is 326 g/mol. The van der Waals surface area contributed by atoms with Crippen LogP contribution in [0.1, 0.15) is 43.2 Å². The van der Waals surface area contributed by atoms with Gasteiger partial charge in [-0.1, -0.05) is 18.2 Å². The maximum absolute atomic E-state index is 13.1. The highest BCUT2D eigenvalue weighted by molar-refractivity contribution is 5.84. The van der Waals surface area contributed by atoms with Crippen LogP contribution in [-0.4, -0.2) is 36.0 Å². The molecule has 126 valence electrons. The van der Waals surface area contributed by atoms with E-state index in [1.807, 2.05) is 0 Å². The largest absolute Gasteiger partial charge is 0.416 e. The number of halogens is 3. The topological polar surface area (TPSA) is 32.3 Å². The van der Waals surface area contributed by atoms with Crippen LogP contribution in [0.4, 0.5) is 13.2 Å². The van der Waals surface area contributed by atoms with Gasteiger partial charge in [0.1, 0.15) is 0 Å². The molecule has 0 spiro atoms. The molecule has 6 heteroatoms. The van der Waals surface area contributed by atoms with E-state index >= 15 is 0 Å². The molecule has 1 atom stereocenters. The fourth-order valence-electron chi connectivity index (χ4n) is 3.08. The minimum absolute atomic E-state index is 0.0391. The lowest BCUT2D eigenvalue weighted by molar-refractivity contribution is -0.138. The van der Waals surface area contributed by atoms with Gasteiger partial charge in [-0.2, -0.15) is 13.2 Å². The van der Waals surface area contributed by atoms with E-state index in [1.54, 1.807) is 13.0 Å². The smallest absolute Gasteiger partial charge is 0.349 e. The first-order valence-corrected chi connectivity index (χ1v) is 8.01. The normalized spacial score (nSPS) is 21.4. The number of likely N-dealkylation sites (tertiary alicyclic amines) is 1. The molecule has 0 bridgehead atoms. The molecule has 1 aliphatic carbocycles. The highest BCUT2D eigenvalue weighted by atomic mass is 19.4. The quantitative estimate of drug-likeness (QED) is 0.901. The molecule has 1 unspecified atom stereocenters. The third-order valence-electron chi connectivity index (χ3n) is 4.84. The Bertz CT molecular complexity index is 592. The summed E-state index contributed by atoms with van der Waals surface area (Å²) < 4.78 is 39.3. The molecule has 1 aromatic rings. The van der Waals surface area contributed by atoms with Gasteiger partial charge in [0.05, 0.1) is 17.0 Å². The maximum atomic E-state index is 13.1. The fraction of sp³-hybridized carbons (Fsp3) is 0.588. The van der Waals surface area contributed by atoms with E-state index in [-0.39, 0.29) is 17.0 Å². The van der Waals surface area contributed by atoms with Crippen molar-refractivity contribution < 1.29 is 18.0 Å². The Kier molecular flexibility index (Phi) is 4.12. The Balaban J connectivity index is 1.70. The molecular formula is C17H21F3N2O. The minimum atomic E-state index is -4.44. The average Bonchev–Trinajstić information content (AvgIpc) is 3.21. The van der Waals surface area contributed by atoms with Gasteiger partial charge in [-0.15, -0.1) is 0 Å². The minimum Gasteiger partial charge on any atom is -0.349 e. The molecule has 0 aromatic heterocycles. The van der Waals surface area contributed by atoms with Crippen molar-refractivity contribution in [2.45, 2.75) is 43.8 Å². The van der Waals surface area contributed by atoms with Gasteiger partial charge in [0.15, 0.2) is 0 Å². The van der Waals surface area contributed by atoms with Crippen molar-refractivity contribution in [2.75, 3.05) is 19.6 Å². The number of nitrogens with one attached hydrogen (secondary N) is 1. The van der Waals surface area contributed by atoms with E-state index in [0.29, 0.717) is 0 Å². The summed E-state index contributed by atoms with van der Waals surface area (Å²) in [5.41, 5.74) is -0.911. The summed E-state index contributed by atoms with van der Waals surface area (Å²) in [5, 5.41) is 3.00. The Morgan fingerprint density at radius 1 is 1.30 bits per heavy atom. The summed E-state index contributed by atoms with van der Waals surface area (Å²) in [6, 6.07) is 5.32. The van der Waals surface area contributed by atoms with E-state index < -0.39 is 17.7 Å². The molecule has 3 nitrogen and oxygen atoms in total. The zero-order valence-corrected chi connectivity index (χ0v) is 13.1. The lowest BCUT2D eigenvalue weighted by atomic mass is 9.94. The van der Waals surface area contributed by atoms with Crippen LogP contribution in [0.15, 0.2) is 24.3 Å². The summed E-state index contributed by atoms with van der Waals surface area (Å²) in [6.45, 7) is 4.44. The molecule has 1 N–H and O–H groups in total. The fourth-order valence-corrected chi connectivity index (χ4v) is 3.08. The zero-order valence-electron chi connectivity index (χ0n) is 13.1. The second kappa shape index (κ2) is 5.82. The number of benzene rings is 1. The molecule has 3 rings (SSSR count). The summed E-state index contributed by atoms with van der Waals surface area (Å²) in [7, 11) is 0. The van der Waals surface area contributed by atoms with Crippen LogP contribution >= 0.6 is 0 Å². The van der Waals surface area contributed by atoms with Crippen molar-refractivity contribution >= 4 is 5.91 Å². The number of rotatable bonds is 5. The van der Waals surface area contributed by atoms with Gasteiger partial charge >= 0.3 is 6.18 Å². The van der Waals surface area contributed by atoms with Crippen LogP contribution in [0, 0.1) is 0 Å². The molecule has 1 heterocycles. The van der Waals surface area contributed by atoms with Crippen molar-refractivity contribution in [2.24, 2.45) is 0 Å². The van der Waals surface area contributed by atoms with Crippen LogP contribution in [-0.2, 0) is 11.0 Å². The summed E-state index contributed by atoms with van der Waals surface area (Å²) in [4.78, 5) is 14.7. The average molecular weight is 326 g/mol. The zero-order chi connectivity index (χ0) is 16.7. The molecule has 0 radical (unpaired) electrons. The molecular weight excluding hydrogens is 305 g/mol. The van der Waals surface area contributed by atoms with E-state index in [4.69, 9.17) is 0 Å². The van der Waals surface area contributed by atoms with Crippen LogP contribution < -0.4 is 5.32 Å². The maximum Gasteiger partial charge on any atom is 0.416 e. The third-order valence-corrected chi connectivity index (χ3v) is 4.84. The molecule has 2 aliphatic rings. The standard InChI is InChI=1S/C17H21F3N2O/c1-12(13-5-2-3-6-14(13)17(18,19)20)15(23)21-16(7-8-16)11-22-9-4-10-22/h2-3,5-6,12H,4,7-11H2,1H3,(H,21,23). The lowest BCUT2D eigenvalue weighted by Crippen LogP contribution is -2.50. The number of hydrogen-bond donors (Lipinski definition) is 1. The summed E-state index contributed by atoms with van der Waals surface area (Å²) >= 11 is 0. The second-order valence-corrected chi connectivity index (χ2v) is 6.71. The van der Waals surface area contributed by atoms with Gasteiger partial charge in [-0.3, -0.25) is 4.79 Å². The van der Waals surface area contributed by atoms with Crippen molar-refractivity contribution in [1.29, 1.82) is 0 Å². The SMILES string of the molecule is CC(C(=O)NC1(CN2CCC2)CC1)c1ccccc1C(F)(F)F. The lowest BCUT2D eigenvalue weighted by Gasteiger charge is -2.35. The van der Waals surface area contributed by atoms with E-state index in [0.717, 1.165) is 38.5 Å². The first-order valence-electron chi connectivity index (χ1n) is 8.01. The molecule has 1 saturated heterocycles. The van der Waals surface area contributed by atoms with Gasteiger partial charge in [0, 0.05) is 6.54 Å². The van der Waals surface area contributed by atoms with E-state index in [1.165, 1.54) is 18.6 Å². The first kappa shape index (κ1) is 16.3. The van der Waals surface area contributed by atoms with Gasteiger partial charge in [-0.05, 0) is 50.9 Å². The molecule has 2 fully saturated rings.